The fraction of sp³-hybridized carbons (Fsp3) is 0.273. The highest BCUT2D eigenvalue weighted by molar-refractivity contribution is 5.34. The highest BCUT2D eigenvalue weighted by atomic mass is 15.0. The SMILES string of the molecule is Cc1ccccc1[C@@H]1C=C(N)NC1. The minimum absolute atomic E-state index is 0.446. The van der Waals surface area contributed by atoms with Gasteiger partial charge in [-0.05, 0) is 24.1 Å². The molecule has 13 heavy (non-hydrogen) atoms. The molecule has 2 rings (SSSR count). The zero-order chi connectivity index (χ0) is 9.26. The molecule has 0 spiro atoms. The van der Waals surface area contributed by atoms with E-state index in [-0.39, 0.29) is 0 Å². The van der Waals surface area contributed by atoms with Crippen molar-refractivity contribution in [3.8, 4) is 0 Å². The summed E-state index contributed by atoms with van der Waals surface area (Å²) in [5.41, 5.74) is 8.37. The van der Waals surface area contributed by atoms with Crippen molar-refractivity contribution in [2.45, 2.75) is 12.8 Å². The maximum Gasteiger partial charge on any atom is 0.0926 e. The van der Waals surface area contributed by atoms with E-state index < -0.39 is 0 Å². The summed E-state index contributed by atoms with van der Waals surface area (Å²) in [6.07, 6.45) is 2.09. The van der Waals surface area contributed by atoms with Crippen molar-refractivity contribution in [3.63, 3.8) is 0 Å². The van der Waals surface area contributed by atoms with Crippen molar-refractivity contribution in [2.24, 2.45) is 5.73 Å². The molecular formula is C11H14N2. The summed E-state index contributed by atoms with van der Waals surface area (Å²) in [7, 11) is 0. The van der Waals surface area contributed by atoms with E-state index in [1.165, 1.54) is 11.1 Å². The third-order valence-electron chi connectivity index (χ3n) is 2.49. The van der Waals surface area contributed by atoms with Gasteiger partial charge >= 0.3 is 0 Å². The first-order valence-electron chi connectivity index (χ1n) is 4.54. The molecule has 0 saturated carbocycles. The fourth-order valence-corrected chi connectivity index (χ4v) is 1.76. The first-order chi connectivity index (χ1) is 6.27. The van der Waals surface area contributed by atoms with E-state index in [1.54, 1.807) is 0 Å². The van der Waals surface area contributed by atoms with Crippen LogP contribution in [-0.4, -0.2) is 6.54 Å². The van der Waals surface area contributed by atoms with Crippen molar-refractivity contribution in [1.82, 2.24) is 5.32 Å². The van der Waals surface area contributed by atoms with Crippen LogP contribution < -0.4 is 11.1 Å². The van der Waals surface area contributed by atoms with E-state index in [9.17, 15) is 0 Å². The fourth-order valence-electron chi connectivity index (χ4n) is 1.76. The summed E-state index contributed by atoms with van der Waals surface area (Å²) < 4.78 is 0. The molecule has 2 nitrogen and oxygen atoms in total. The van der Waals surface area contributed by atoms with Crippen LogP contribution in [0.2, 0.25) is 0 Å². The first-order valence-corrected chi connectivity index (χ1v) is 4.54. The molecule has 0 unspecified atom stereocenters. The predicted octanol–water partition coefficient (Wildman–Crippen LogP) is 1.48. The third-order valence-corrected chi connectivity index (χ3v) is 2.49. The summed E-state index contributed by atoms with van der Waals surface area (Å²) in [5.74, 6) is 1.24. The quantitative estimate of drug-likeness (QED) is 0.676. The van der Waals surface area contributed by atoms with Gasteiger partial charge in [0.25, 0.3) is 0 Å². The van der Waals surface area contributed by atoms with Gasteiger partial charge in [-0.2, -0.15) is 0 Å². The van der Waals surface area contributed by atoms with Gasteiger partial charge < -0.3 is 11.1 Å². The molecule has 1 aromatic rings. The van der Waals surface area contributed by atoms with E-state index in [4.69, 9.17) is 5.73 Å². The zero-order valence-electron chi connectivity index (χ0n) is 7.75. The molecule has 1 heterocycles. The van der Waals surface area contributed by atoms with E-state index in [1.807, 2.05) is 0 Å². The second-order valence-corrected chi connectivity index (χ2v) is 3.47. The Bertz CT molecular complexity index is 342. The van der Waals surface area contributed by atoms with Crippen molar-refractivity contribution in [2.75, 3.05) is 6.54 Å². The Morgan fingerprint density at radius 3 is 2.77 bits per heavy atom. The molecule has 0 amide bonds. The largest absolute Gasteiger partial charge is 0.386 e. The number of rotatable bonds is 1. The van der Waals surface area contributed by atoms with Crippen molar-refractivity contribution < 1.29 is 0 Å². The van der Waals surface area contributed by atoms with Gasteiger partial charge in [0.05, 0.1) is 5.82 Å². The molecule has 0 aliphatic carbocycles. The van der Waals surface area contributed by atoms with Crippen LogP contribution in [0.25, 0.3) is 0 Å². The zero-order valence-corrected chi connectivity index (χ0v) is 7.75. The molecule has 2 heteroatoms. The van der Waals surface area contributed by atoms with E-state index in [0.717, 1.165) is 12.4 Å². The van der Waals surface area contributed by atoms with Gasteiger partial charge in [0, 0.05) is 12.5 Å². The van der Waals surface area contributed by atoms with Gasteiger partial charge in [-0.25, -0.2) is 0 Å². The Morgan fingerprint density at radius 1 is 1.38 bits per heavy atom. The van der Waals surface area contributed by atoms with Crippen molar-refractivity contribution in [1.29, 1.82) is 0 Å². The lowest BCUT2D eigenvalue weighted by molar-refractivity contribution is 0.787. The average molecular weight is 174 g/mol. The molecule has 0 fully saturated rings. The topological polar surface area (TPSA) is 38.0 Å². The first kappa shape index (κ1) is 8.17. The smallest absolute Gasteiger partial charge is 0.0926 e. The molecule has 0 saturated heterocycles. The van der Waals surface area contributed by atoms with E-state index in [0.29, 0.717) is 5.92 Å². The predicted molar refractivity (Wildman–Crippen MR) is 54.2 cm³/mol. The molecule has 0 bridgehead atoms. The normalized spacial score (nSPS) is 21.0. The van der Waals surface area contributed by atoms with Crippen LogP contribution in [-0.2, 0) is 0 Å². The van der Waals surface area contributed by atoms with Crippen LogP contribution in [0.4, 0.5) is 0 Å². The standard InChI is InChI=1S/C11H14N2/c1-8-4-2-3-5-10(8)9-6-11(12)13-7-9/h2-6,9,13H,7,12H2,1H3/t9-/m1/s1. The molecule has 1 atom stereocenters. The molecular weight excluding hydrogens is 160 g/mol. The molecule has 1 aliphatic rings. The number of hydrogen-bond donors (Lipinski definition) is 2. The van der Waals surface area contributed by atoms with Gasteiger partial charge in [0.1, 0.15) is 0 Å². The maximum absolute atomic E-state index is 5.66. The summed E-state index contributed by atoms with van der Waals surface area (Å²) in [6.45, 7) is 3.06. The Morgan fingerprint density at radius 2 is 2.15 bits per heavy atom. The van der Waals surface area contributed by atoms with Crippen LogP contribution >= 0.6 is 0 Å². The number of aryl methyl sites for hydroxylation is 1. The second kappa shape index (κ2) is 3.13. The molecule has 1 aromatic carbocycles. The number of benzene rings is 1. The summed E-state index contributed by atoms with van der Waals surface area (Å²) in [6, 6.07) is 8.44. The highest BCUT2D eigenvalue weighted by Crippen LogP contribution is 2.23. The average Bonchev–Trinajstić information content (AvgIpc) is 2.53. The van der Waals surface area contributed by atoms with Gasteiger partial charge in [-0.15, -0.1) is 0 Å². The Balaban J connectivity index is 2.31. The summed E-state index contributed by atoms with van der Waals surface area (Å²) >= 11 is 0. The van der Waals surface area contributed by atoms with Crippen LogP contribution in [0.15, 0.2) is 36.2 Å². The van der Waals surface area contributed by atoms with Crippen LogP contribution in [0.3, 0.4) is 0 Å². The Labute approximate surface area is 78.5 Å². The van der Waals surface area contributed by atoms with Gasteiger partial charge in [-0.1, -0.05) is 24.3 Å². The van der Waals surface area contributed by atoms with Crippen molar-refractivity contribution in [3.05, 3.63) is 47.3 Å². The van der Waals surface area contributed by atoms with Crippen LogP contribution in [0, 0.1) is 6.92 Å². The molecule has 3 N–H and O–H groups in total. The minimum atomic E-state index is 0.446. The number of nitrogens with two attached hydrogens (primary N) is 1. The summed E-state index contributed by atoms with van der Waals surface area (Å²) in [5, 5.41) is 3.13. The highest BCUT2D eigenvalue weighted by Gasteiger charge is 2.16. The van der Waals surface area contributed by atoms with Crippen LogP contribution in [0.1, 0.15) is 17.0 Å². The Hall–Kier alpha value is -1.44. The molecule has 1 aliphatic heterocycles. The molecule has 68 valence electrons. The monoisotopic (exact) mass is 174 g/mol. The van der Waals surface area contributed by atoms with E-state index >= 15 is 0 Å². The van der Waals surface area contributed by atoms with Crippen LogP contribution in [0.5, 0.6) is 0 Å². The molecule has 0 aromatic heterocycles. The minimum Gasteiger partial charge on any atom is -0.386 e. The second-order valence-electron chi connectivity index (χ2n) is 3.47. The lowest BCUT2D eigenvalue weighted by Gasteiger charge is -2.09. The number of hydrogen-bond acceptors (Lipinski definition) is 2. The van der Waals surface area contributed by atoms with Gasteiger partial charge in [0.2, 0.25) is 0 Å². The third kappa shape index (κ3) is 1.52. The Kier molecular flexibility index (Phi) is 1.97. The molecule has 0 radical (unpaired) electrons. The summed E-state index contributed by atoms with van der Waals surface area (Å²) in [4.78, 5) is 0. The van der Waals surface area contributed by atoms with Gasteiger partial charge in [0.15, 0.2) is 0 Å². The number of nitrogens with one attached hydrogen (secondary N) is 1. The maximum atomic E-state index is 5.66. The lowest BCUT2D eigenvalue weighted by Crippen LogP contribution is -2.16. The van der Waals surface area contributed by atoms with Crippen molar-refractivity contribution >= 4 is 0 Å². The van der Waals surface area contributed by atoms with E-state index in [2.05, 4.69) is 42.6 Å². The van der Waals surface area contributed by atoms with Gasteiger partial charge in [-0.3, -0.25) is 0 Å². The lowest BCUT2D eigenvalue weighted by atomic mass is 9.96.